The second-order valence-electron chi connectivity index (χ2n) is 6.05. The molecule has 2 atom stereocenters. The number of nitrogens with zero attached hydrogens (tertiary/aromatic N) is 1. The molecule has 7 heteroatoms. The number of aromatic nitrogens is 1. The SMILES string of the molecule is O=C(C[C@H]1Sc2ccccc2NC1=O)N[C@@H](c1nccs1)C1CC1. The van der Waals surface area contributed by atoms with Gasteiger partial charge in [0.15, 0.2) is 0 Å². The Morgan fingerprint density at radius 2 is 2.21 bits per heavy atom. The molecule has 124 valence electrons. The standard InChI is InChI=1S/C17H17N3O2S2/c21-14(20-15(10-5-6-10)17-18-7-8-23-17)9-13-16(22)19-11-3-1-2-4-12(11)24-13/h1-4,7-8,10,13,15H,5-6,9H2,(H,19,22)(H,20,21)/t13-,15-/m1/s1. The van der Waals surface area contributed by atoms with Gasteiger partial charge in [0, 0.05) is 22.9 Å². The van der Waals surface area contributed by atoms with Gasteiger partial charge in [0.05, 0.1) is 17.0 Å². The molecular formula is C17H17N3O2S2. The molecule has 2 aromatic rings. The Morgan fingerprint density at radius 3 is 2.96 bits per heavy atom. The van der Waals surface area contributed by atoms with Crippen LogP contribution in [0.5, 0.6) is 0 Å². The van der Waals surface area contributed by atoms with Crippen molar-refractivity contribution in [3.63, 3.8) is 0 Å². The van der Waals surface area contributed by atoms with E-state index >= 15 is 0 Å². The van der Waals surface area contributed by atoms with Gasteiger partial charge < -0.3 is 10.6 Å². The number of rotatable bonds is 5. The van der Waals surface area contributed by atoms with Crippen LogP contribution >= 0.6 is 23.1 Å². The molecule has 2 heterocycles. The monoisotopic (exact) mass is 359 g/mol. The van der Waals surface area contributed by atoms with E-state index in [2.05, 4.69) is 15.6 Å². The van der Waals surface area contributed by atoms with Crippen LogP contribution in [-0.2, 0) is 9.59 Å². The summed E-state index contributed by atoms with van der Waals surface area (Å²) in [6.45, 7) is 0. The molecule has 0 bridgehead atoms. The van der Waals surface area contributed by atoms with E-state index in [9.17, 15) is 9.59 Å². The molecule has 1 aliphatic heterocycles. The van der Waals surface area contributed by atoms with Gasteiger partial charge in [-0.2, -0.15) is 0 Å². The average molecular weight is 359 g/mol. The summed E-state index contributed by atoms with van der Waals surface area (Å²) < 4.78 is 0. The van der Waals surface area contributed by atoms with Crippen LogP contribution in [0.3, 0.4) is 0 Å². The van der Waals surface area contributed by atoms with Gasteiger partial charge in [-0.15, -0.1) is 23.1 Å². The second kappa shape index (κ2) is 6.57. The van der Waals surface area contributed by atoms with E-state index in [1.165, 1.54) is 11.8 Å². The molecule has 0 spiro atoms. The quantitative estimate of drug-likeness (QED) is 0.860. The summed E-state index contributed by atoms with van der Waals surface area (Å²) in [6.07, 6.45) is 4.19. The van der Waals surface area contributed by atoms with Crippen LogP contribution in [-0.4, -0.2) is 22.0 Å². The molecule has 1 aromatic carbocycles. The van der Waals surface area contributed by atoms with Crippen molar-refractivity contribution in [1.82, 2.24) is 10.3 Å². The number of para-hydroxylation sites is 1. The number of carbonyl (C=O) groups excluding carboxylic acids is 2. The lowest BCUT2D eigenvalue weighted by Gasteiger charge is -2.24. The highest BCUT2D eigenvalue weighted by Gasteiger charge is 2.36. The summed E-state index contributed by atoms with van der Waals surface area (Å²) in [5, 5.41) is 8.46. The Morgan fingerprint density at radius 1 is 1.38 bits per heavy atom. The highest BCUT2D eigenvalue weighted by molar-refractivity contribution is 8.01. The van der Waals surface area contributed by atoms with E-state index < -0.39 is 5.25 Å². The first-order valence-corrected chi connectivity index (χ1v) is 9.72. The smallest absolute Gasteiger partial charge is 0.238 e. The number of hydrogen-bond donors (Lipinski definition) is 2. The summed E-state index contributed by atoms with van der Waals surface area (Å²) >= 11 is 3.02. The maximum atomic E-state index is 12.5. The van der Waals surface area contributed by atoms with Crippen molar-refractivity contribution in [2.45, 2.75) is 35.4 Å². The average Bonchev–Trinajstić information content (AvgIpc) is 3.27. The Hall–Kier alpha value is -1.86. The Bertz CT molecular complexity index is 759. The van der Waals surface area contributed by atoms with Crippen LogP contribution in [0.1, 0.15) is 30.3 Å². The molecule has 2 amide bonds. The molecule has 2 N–H and O–H groups in total. The third kappa shape index (κ3) is 3.32. The zero-order valence-electron chi connectivity index (χ0n) is 12.9. The topological polar surface area (TPSA) is 71.1 Å². The number of anilines is 1. The first kappa shape index (κ1) is 15.7. The minimum atomic E-state index is -0.393. The van der Waals surface area contributed by atoms with Crippen molar-refractivity contribution in [2.75, 3.05) is 5.32 Å². The van der Waals surface area contributed by atoms with Crippen molar-refractivity contribution >= 4 is 40.6 Å². The number of thioether (sulfide) groups is 1. The van der Waals surface area contributed by atoms with Gasteiger partial charge in [0.1, 0.15) is 5.01 Å². The van der Waals surface area contributed by atoms with Crippen LogP contribution in [0.2, 0.25) is 0 Å². The van der Waals surface area contributed by atoms with Crippen LogP contribution in [0.4, 0.5) is 5.69 Å². The summed E-state index contributed by atoms with van der Waals surface area (Å²) in [4.78, 5) is 30.1. The van der Waals surface area contributed by atoms with Gasteiger partial charge in [-0.25, -0.2) is 4.98 Å². The largest absolute Gasteiger partial charge is 0.347 e. The fourth-order valence-corrected chi connectivity index (χ4v) is 4.72. The Balaban J connectivity index is 1.42. The summed E-state index contributed by atoms with van der Waals surface area (Å²) in [7, 11) is 0. The lowest BCUT2D eigenvalue weighted by Crippen LogP contribution is -2.36. The lowest BCUT2D eigenvalue weighted by atomic mass is 10.1. The number of benzene rings is 1. The third-order valence-corrected chi connectivity index (χ3v) is 6.34. The zero-order chi connectivity index (χ0) is 16.5. The Labute approximate surface area is 148 Å². The number of amides is 2. The molecule has 1 aliphatic carbocycles. The molecular weight excluding hydrogens is 342 g/mol. The maximum absolute atomic E-state index is 12.5. The number of fused-ring (bicyclic) bond motifs is 1. The minimum Gasteiger partial charge on any atom is -0.347 e. The normalized spacial score (nSPS) is 20.8. The molecule has 5 nitrogen and oxygen atoms in total. The minimum absolute atomic E-state index is 0.0126. The van der Waals surface area contributed by atoms with Gasteiger partial charge >= 0.3 is 0 Å². The van der Waals surface area contributed by atoms with E-state index in [0.717, 1.165) is 28.4 Å². The van der Waals surface area contributed by atoms with Crippen molar-refractivity contribution in [3.8, 4) is 0 Å². The highest BCUT2D eigenvalue weighted by Crippen LogP contribution is 2.42. The third-order valence-electron chi connectivity index (χ3n) is 4.20. The van der Waals surface area contributed by atoms with Gasteiger partial charge in [-0.05, 0) is 30.9 Å². The molecule has 0 radical (unpaired) electrons. The van der Waals surface area contributed by atoms with E-state index in [4.69, 9.17) is 0 Å². The van der Waals surface area contributed by atoms with Crippen molar-refractivity contribution in [3.05, 3.63) is 40.8 Å². The van der Waals surface area contributed by atoms with Gasteiger partial charge in [0.25, 0.3) is 0 Å². The van der Waals surface area contributed by atoms with Crippen molar-refractivity contribution < 1.29 is 9.59 Å². The predicted molar refractivity (Wildman–Crippen MR) is 95.1 cm³/mol. The molecule has 2 aliphatic rings. The van der Waals surface area contributed by atoms with E-state index in [-0.39, 0.29) is 24.3 Å². The van der Waals surface area contributed by atoms with Gasteiger partial charge in [0.2, 0.25) is 11.8 Å². The van der Waals surface area contributed by atoms with Gasteiger partial charge in [-0.1, -0.05) is 12.1 Å². The number of hydrogen-bond acceptors (Lipinski definition) is 5. The molecule has 1 fully saturated rings. The molecule has 1 saturated carbocycles. The lowest BCUT2D eigenvalue weighted by molar-refractivity contribution is -0.124. The fourth-order valence-electron chi connectivity index (χ4n) is 2.83. The number of thiazole rings is 1. The second-order valence-corrected chi connectivity index (χ2v) is 8.22. The van der Waals surface area contributed by atoms with E-state index in [1.54, 1.807) is 17.5 Å². The van der Waals surface area contributed by atoms with Crippen LogP contribution in [0.15, 0.2) is 40.7 Å². The van der Waals surface area contributed by atoms with Crippen LogP contribution < -0.4 is 10.6 Å². The van der Waals surface area contributed by atoms with Crippen LogP contribution in [0.25, 0.3) is 0 Å². The summed E-state index contributed by atoms with van der Waals surface area (Å²) in [5.74, 6) is 0.286. The predicted octanol–water partition coefficient (Wildman–Crippen LogP) is 3.21. The van der Waals surface area contributed by atoms with Gasteiger partial charge in [-0.3, -0.25) is 9.59 Å². The molecule has 0 unspecified atom stereocenters. The summed E-state index contributed by atoms with van der Waals surface area (Å²) in [5.41, 5.74) is 0.822. The number of carbonyl (C=O) groups is 2. The van der Waals surface area contributed by atoms with Crippen molar-refractivity contribution in [1.29, 1.82) is 0 Å². The van der Waals surface area contributed by atoms with E-state index in [0.29, 0.717) is 5.92 Å². The number of nitrogens with one attached hydrogen (secondary N) is 2. The van der Waals surface area contributed by atoms with E-state index in [1.807, 2.05) is 29.6 Å². The fraction of sp³-hybridized carbons (Fsp3) is 0.353. The molecule has 24 heavy (non-hydrogen) atoms. The first-order valence-electron chi connectivity index (χ1n) is 7.96. The highest BCUT2D eigenvalue weighted by atomic mass is 32.2. The summed E-state index contributed by atoms with van der Waals surface area (Å²) in [6, 6.07) is 7.66. The van der Waals surface area contributed by atoms with Crippen molar-refractivity contribution in [2.24, 2.45) is 5.92 Å². The zero-order valence-corrected chi connectivity index (χ0v) is 14.5. The molecule has 4 rings (SSSR count). The first-order chi connectivity index (χ1) is 11.7. The Kier molecular flexibility index (Phi) is 4.28. The molecule has 1 aromatic heterocycles. The van der Waals surface area contributed by atoms with Crippen LogP contribution in [0, 0.1) is 5.92 Å². The molecule has 0 saturated heterocycles. The maximum Gasteiger partial charge on any atom is 0.238 e.